The van der Waals surface area contributed by atoms with Crippen LogP contribution in [0.2, 0.25) is 5.02 Å². The molecule has 0 radical (unpaired) electrons. The van der Waals surface area contributed by atoms with Crippen LogP contribution < -0.4 is 10.9 Å². The number of nitrogens with zero attached hydrogens (tertiary/aromatic N) is 2. The van der Waals surface area contributed by atoms with Gasteiger partial charge in [0.2, 0.25) is 0 Å². The Bertz CT molecular complexity index is 573. The Hall–Kier alpha value is -1.03. The standard InChI is InChI=1S/C16H24ClN3O/c1-11(2)16(6-7-16)10-18-14-13(17)8-19-20(15(14)21)9-12-4-3-5-12/h8,11-12,18H,3-7,9-10H2,1-2H3. The van der Waals surface area contributed by atoms with E-state index in [9.17, 15) is 4.79 Å². The summed E-state index contributed by atoms with van der Waals surface area (Å²) in [4.78, 5) is 12.5. The minimum Gasteiger partial charge on any atom is -0.379 e. The summed E-state index contributed by atoms with van der Waals surface area (Å²) in [7, 11) is 0. The number of aromatic nitrogens is 2. The third-order valence-corrected chi connectivity index (χ3v) is 5.67. The van der Waals surface area contributed by atoms with Crippen LogP contribution >= 0.6 is 11.6 Å². The van der Waals surface area contributed by atoms with Gasteiger partial charge in [-0.25, -0.2) is 4.68 Å². The summed E-state index contributed by atoms with van der Waals surface area (Å²) in [6, 6.07) is 0. The van der Waals surface area contributed by atoms with E-state index in [1.807, 2.05) is 0 Å². The highest BCUT2D eigenvalue weighted by Gasteiger charge is 2.45. The van der Waals surface area contributed by atoms with E-state index >= 15 is 0 Å². The molecule has 0 bridgehead atoms. The van der Waals surface area contributed by atoms with Gasteiger partial charge in [-0.2, -0.15) is 5.10 Å². The van der Waals surface area contributed by atoms with Crippen molar-refractivity contribution >= 4 is 17.3 Å². The van der Waals surface area contributed by atoms with E-state index in [2.05, 4.69) is 24.3 Å². The first-order chi connectivity index (χ1) is 10.0. The van der Waals surface area contributed by atoms with Crippen molar-refractivity contribution in [3.05, 3.63) is 21.6 Å². The summed E-state index contributed by atoms with van der Waals surface area (Å²) in [6.45, 7) is 6.04. The number of rotatable bonds is 6. The average molecular weight is 310 g/mol. The zero-order valence-corrected chi connectivity index (χ0v) is 13.6. The molecule has 1 aromatic rings. The molecule has 0 atom stereocenters. The molecule has 3 rings (SSSR count). The van der Waals surface area contributed by atoms with Crippen LogP contribution in [-0.2, 0) is 6.54 Å². The number of anilines is 1. The van der Waals surface area contributed by atoms with E-state index in [0.717, 1.165) is 13.1 Å². The molecule has 21 heavy (non-hydrogen) atoms. The molecule has 0 aliphatic heterocycles. The fourth-order valence-electron chi connectivity index (χ4n) is 3.06. The third kappa shape index (κ3) is 2.96. The van der Waals surface area contributed by atoms with Gasteiger partial charge in [0.1, 0.15) is 5.69 Å². The highest BCUT2D eigenvalue weighted by atomic mass is 35.5. The predicted molar refractivity (Wildman–Crippen MR) is 85.8 cm³/mol. The Balaban J connectivity index is 1.74. The van der Waals surface area contributed by atoms with Gasteiger partial charge in [-0.05, 0) is 42.9 Å². The van der Waals surface area contributed by atoms with Gasteiger partial charge in [-0.1, -0.05) is 31.9 Å². The van der Waals surface area contributed by atoms with Crippen molar-refractivity contribution in [2.24, 2.45) is 17.3 Å². The van der Waals surface area contributed by atoms with Crippen LogP contribution in [0.4, 0.5) is 5.69 Å². The van der Waals surface area contributed by atoms with Gasteiger partial charge in [-0.15, -0.1) is 0 Å². The van der Waals surface area contributed by atoms with Crippen LogP contribution in [0, 0.1) is 17.3 Å². The second kappa shape index (κ2) is 5.64. The van der Waals surface area contributed by atoms with E-state index in [1.165, 1.54) is 32.1 Å². The summed E-state index contributed by atoms with van der Waals surface area (Å²) in [5.41, 5.74) is 0.796. The molecule has 4 nitrogen and oxygen atoms in total. The first-order valence-corrected chi connectivity index (χ1v) is 8.39. The van der Waals surface area contributed by atoms with Crippen LogP contribution in [0.3, 0.4) is 0 Å². The van der Waals surface area contributed by atoms with Gasteiger partial charge in [-0.3, -0.25) is 4.79 Å². The molecule has 2 aliphatic rings. The summed E-state index contributed by atoms with van der Waals surface area (Å²) >= 11 is 6.18. The molecule has 2 fully saturated rings. The van der Waals surface area contributed by atoms with Gasteiger partial charge in [0.15, 0.2) is 0 Å². The second-order valence-electron chi connectivity index (χ2n) is 7.02. The molecule has 1 heterocycles. The Morgan fingerprint density at radius 2 is 2.19 bits per heavy atom. The monoisotopic (exact) mass is 309 g/mol. The van der Waals surface area contributed by atoms with Crippen molar-refractivity contribution in [1.82, 2.24) is 9.78 Å². The third-order valence-electron chi connectivity index (χ3n) is 5.39. The van der Waals surface area contributed by atoms with E-state index in [-0.39, 0.29) is 5.56 Å². The molecular formula is C16H24ClN3O. The lowest BCUT2D eigenvalue weighted by Crippen LogP contribution is -2.32. The number of hydrogen-bond donors (Lipinski definition) is 1. The maximum atomic E-state index is 12.5. The molecule has 0 saturated heterocycles. The van der Waals surface area contributed by atoms with Crippen molar-refractivity contribution in [2.75, 3.05) is 11.9 Å². The van der Waals surface area contributed by atoms with Gasteiger partial charge in [0.05, 0.1) is 11.2 Å². The fourth-order valence-corrected chi connectivity index (χ4v) is 3.25. The smallest absolute Gasteiger partial charge is 0.291 e. The lowest BCUT2D eigenvalue weighted by atomic mass is 9.85. The summed E-state index contributed by atoms with van der Waals surface area (Å²) in [6.07, 6.45) is 7.74. The molecule has 2 saturated carbocycles. The SMILES string of the molecule is CC(C)C1(CNc2c(Cl)cnn(CC3CCC3)c2=O)CC1. The van der Waals surface area contributed by atoms with E-state index in [4.69, 9.17) is 11.6 Å². The maximum Gasteiger partial charge on any atom is 0.291 e. The lowest BCUT2D eigenvalue weighted by molar-refractivity contribution is 0.262. The number of nitrogens with one attached hydrogen (secondary N) is 1. The van der Waals surface area contributed by atoms with Gasteiger partial charge in [0, 0.05) is 13.1 Å². The minimum atomic E-state index is -0.0750. The Morgan fingerprint density at radius 1 is 1.48 bits per heavy atom. The van der Waals surface area contributed by atoms with Crippen molar-refractivity contribution < 1.29 is 0 Å². The van der Waals surface area contributed by atoms with Gasteiger partial charge < -0.3 is 5.32 Å². The normalized spacial score (nSPS) is 20.4. The highest BCUT2D eigenvalue weighted by molar-refractivity contribution is 6.33. The van der Waals surface area contributed by atoms with Crippen molar-refractivity contribution in [3.63, 3.8) is 0 Å². The molecule has 0 aromatic carbocycles. The zero-order chi connectivity index (χ0) is 15.0. The van der Waals surface area contributed by atoms with Crippen LogP contribution in [0.15, 0.2) is 11.0 Å². The van der Waals surface area contributed by atoms with Crippen LogP contribution in [0.25, 0.3) is 0 Å². The molecule has 0 amide bonds. The molecule has 5 heteroatoms. The van der Waals surface area contributed by atoms with E-state index < -0.39 is 0 Å². The predicted octanol–water partition coefficient (Wildman–Crippen LogP) is 3.54. The van der Waals surface area contributed by atoms with Gasteiger partial charge in [0.25, 0.3) is 5.56 Å². The lowest BCUT2D eigenvalue weighted by Gasteiger charge is -2.25. The Labute approximate surface area is 130 Å². The van der Waals surface area contributed by atoms with Crippen molar-refractivity contribution in [2.45, 2.75) is 52.5 Å². The van der Waals surface area contributed by atoms with Crippen LogP contribution in [0.5, 0.6) is 0 Å². The Morgan fingerprint density at radius 3 is 2.71 bits per heavy atom. The van der Waals surface area contributed by atoms with Crippen LogP contribution in [-0.4, -0.2) is 16.3 Å². The van der Waals surface area contributed by atoms with E-state index in [1.54, 1.807) is 10.9 Å². The molecular weight excluding hydrogens is 286 g/mol. The summed E-state index contributed by atoms with van der Waals surface area (Å²) in [5, 5.41) is 7.93. The first kappa shape index (κ1) is 14.9. The minimum absolute atomic E-state index is 0.0750. The Kier molecular flexibility index (Phi) is 4.00. The topological polar surface area (TPSA) is 46.9 Å². The number of halogens is 1. The largest absolute Gasteiger partial charge is 0.379 e. The van der Waals surface area contributed by atoms with Crippen LogP contribution in [0.1, 0.15) is 46.0 Å². The average Bonchev–Trinajstić information content (AvgIpc) is 3.17. The zero-order valence-electron chi connectivity index (χ0n) is 12.9. The molecule has 116 valence electrons. The van der Waals surface area contributed by atoms with Gasteiger partial charge >= 0.3 is 0 Å². The van der Waals surface area contributed by atoms with Crippen molar-refractivity contribution in [1.29, 1.82) is 0 Å². The molecule has 1 N–H and O–H groups in total. The fraction of sp³-hybridized carbons (Fsp3) is 0.750. The summed E-state index contributed by atoms with van der Waals surface area (Å²) < 4.78 is 1.58. The quantitative estimate of drug-likeness (QED) is 0.874. The number of hydrogen-bond acceptors (Lipinski definition) is 3. The van der Waals surface area contributed by atoms with E-state index in [0.29, 0.717) is 28.0 Å². The highest BCUT2D eigenvalue weighted by Crippen LogP contribution is 2.51. The first-order valence-electron chi connectivity index (χ1n) is 8.01. The molecule has 1 aromatic heterocycles. The molecule has 0 unspecified atom stereocenters. The summed E-state index contributed by atoms with van der Waals surface area (Å²) in [5.74, 6) is 1.23. The maximum absolute atomic E-state index is 12.5. The molecule has 0 spiro atoms. The van der Waals surface area contributed by atoms with Crippen molar-refractivity contribution in [3.8, 4) is 0 Å². The molecule has 2 aliphatic carbocycles. The second-order valence-corrected chi connectivity index (χ2v) is 7.43.